The molecule has 3 aliphatic rings. The Morgan fingerprint density at radius 2 is 2.14 bits per heavy atom. The molecule has 0 saturated heterocycles. The number of benzene rings is 1. The van der Waals surface area contributed by atoms with Gasteiger partial charge in [0.05, 0.1) is 0 Å². The highest BCUT2D eigenvalue weighted by molar-refractivity contribution is 5.99. The van der Waals surface area contributed by atoms with Crippen LogP contribution in [0.2, 0.25) is 0 Å². The van der Waals surface area contributed by atoms with Gasteiger partial charge < -0.3 is 5.11 Å². The van der Waals surface area contributed by atoms with Crippen LogP contribution < -0.4 is 0 Å². The van der Waals surface area contributed by atoms with E-state index in [0.717, 1.165) is 36.8 Å². The van der Waals surface area contributed by atoms with E-state index < -0.39 is 0 Å². The zero-order chi connectivity index (χ0) is 15.5. The van der Waals surface area contributed by atoms with Crippen molar-refractivity contribution in [2.45, 2.75) is 44.9 Å². The second kappa shape index (κ2) is 4.62. The van der Waals surface area contributed by atoms with Crippen molar-refractivity contribution in [3.63, 3.8) is 0 Å². The predicted molar refractivity (Wildman–Crippen MR) is 85.7 cm³/mol. The third-order valence-corrected chi connectivity index (χ3v) is 6.80. The third-order valence-electron chi connectivity index (χ3n) is 6.80. The number of Topliss-reactive ketones (excluding diaryl/α,β-unsaturated/α-hetero) is 1. The molecule has 0 aromatic heterocycles. The second-order valence-electron chi connectivity index (χ2n) is 7.62. The summed E-state index contributed by atoms with van der Waals surface area (Å²) >= 11 is 0. The Balaban J connectivity index is 1.76. The highest BCUT2D eigenvalue weighted by atomic mass is 16.3. The summed E-state index contributed by atoms with van der Waals surface area (Å²) in [5, 5.41) is 9.69. The van der Waals surface area contributed by atoms with Crippen molar-refractivity contribution in [3.8, 4) is 18.1 Å². The monoisotopic (exact) mass is 294 g/mol. The van der Waals surface area contributed by atoms with Crippen molar-refractivity contribution in [1.29, 1.82) is 0 Å². The molecule has 1 N–H and O–H groups in total. The first-order valence-corrected chi connectivity index (χ1v) is 8.37. The van der Waals surface area contributed by atoms with Crippen LogP contribution in [-0.4, -0.2) is 10.9 Å². The zero-order valence-electron chi connectivity index (χ0n) is 13.0. The Morgan fingerprint density at radius 3 is 2.91 bits per heavy atom. The van der Waals surface area contributed by atoms with Crippen LogP contribution in [0.15, 0.2) is 18.2 Å². The van der Waals surface area contributed by atoms with Crippen LogP contribution in [0.3, 0.4) is 0 Å². The fourth-order valence-electron chi connectivity index (χ4n) is 5.67. The minimum absolute atomic E-state index is 0.194. The second-order valence-corrected chi connectivity index (χ2v) is 7.62. The van der Waals surface area contributed by atoms with Gasteiger partial charge in [0.25, 0.3) is 0 Å². The number of rotatable bonds is 0. The molecule has 2 fully saturated rings. The number of aromatic hydroxyl groups is 1. The molecule has 2 heteroatoms. The lowest BCUT2D eigenvalue weighted by atomic mass is 9.54. The fourth-order valence-corrected chi connectivity index (χ4v) is 5.67. The van der Waals surface area contributed by atoms with E-state index >= 15 is 0 Å². The molecular weight excluding hydrogens is 272 g/mol. The molecule has 22 heavy (non-hydrogen) atoms. The molecule has 4 rings (SSSR count). The van der Waals surface area contributed by atoms with Crippen LogP contribution in [-0.2, 0) is 0 Å². The highest BCUT2D eigenvalue weighted by Crippen LogP contribution is 2.62. The van der Waals surface area contributed by atoms with Gasteiger partial charge in [0.2, 0.25) is 0 Å². The van der Waals surface area contributed by atoms with Gasteiger partial charge in [-0.25, -0.2) is 0 Å². The van der Waals surface area contributed by atoms with Crippen LogP contribution in [0, 0.1) is 35.5 Å². The Labute approximate surface area is 131 Å². The van der Waals surface area contributed by atoms with E-state index in [1.165, 1.54) is 0 Å². The van der Waals surface area contributed by atoms with E-state index in [1.807, 2.05) is 6.07 Å². The average Bonchev–Trinajstić information content (AvgIpc) is 2.84. The van der Waals surface area contributed by atoms with Crippen LogP contribution in [0.25, 0.3) is 0 Å². The Hall–Kier alpha value is -1.75. The van der Waals surface area contributed by atoms with E-state index in [-0.39, 0.29) is 16.9 Å². The molecule has 3 aliphatic carbocycles. The SMILES string of the molecule is C#C[C@H]1CCC2C3CC(=O)c4cc(O)ccc4C3CC[C@@]21C. The lowest BCUT2D eigenvalue weighted by Crippen LogP contribution is -2.43. The van der Waals surface area contributed by atoms with Gasteiger partial charge in [-0.2, -0.15) is 0 Å². The summed E-state index contributed by atoms with van der Waals surface area (Å²) in [5.74, 6) is 5.24. The van der Waals surface area contributed by atoms with Gasteiger partial charge in [-0.15, -0.1) is 12.3 Å². The van der Waals surface area contributed by atoms with Crippen molar-refractivity contribution in [2.24, 2.45) is 23.2 Å². The molecule has 5 atom stereocenters. The summed E-state index contributed by atoms with van der Waals surface area (Å²) < 4.78 is 0. The van der Waals surface area contributed by atoms with Crippen LogP contribution >= 0.6 is 0 Å². The Bertz CT molecular complexity index is 683. The molecule has 0 spiro atoms. The van der Waals surface area contributed by atoms with Crippen LogP contribution in [0.4, 0.5) is 0 Å². The van der Waals surface area contributed by atoms with Gasteiger partial charge >= 0.3 is 0 Å². The van der Waals surface area contributed by atoms with Gasteiger partial charge in [-0.05, 0) is 66.5 Å². The van der Waals surface area contributed by atoms with Gasteiger partial charge in [0.1, 0.15) is 5.75 Å². The molecule has 1 aromatic carbocycles. The first-order valence-electron chi connectivity index (χ1n) is 8.37. The number of carbonyl (C=O) groups is 1. The predicted octanol–water partition coefficient (Wildman–Crippen LogP) is 4.14. The van der Waals surface area contributed by atoms with Crippen molar-refractivity contribution in [3.05, 3.63) is 29.3 Å². The topological polar surface area (TPSA) is 37.3 Å². The lowest BCUT2D eigenvalue weighted by molar-refractivity contribution is 0.0404. The maximum Gasteiger partial charge on any atom is 0.163 e. The van der Waals surface area contributed by atoms with E-state index in [2.05, 4.69) is 12.8 Å². The number of terminal acetylenes is 1. The molecule has 0 bridgehead atoms. The molecule has 3 unspecified atom stereocenters. The summed E-state index contributed by atoms with van der Waals surface area (Å²) in [7, 11) is 0. The average molecular weight is 294 g/mol. The van der Waals surface area contributed by atoms with E-state index in [0.29, 0.717) is 30.1 Å². The summed E-state index contributed by atoms with van der Waals surface area (Å²) in [6.07, 6.45) is 10.9. The maximum atomic E-state index is 12.6. The number of phenols is 1. The molecule has 114 valence electrons. The third kappa shape index (κ3) is 1.72. The summed E-state index contributed by atoms with van der Waals surface area (Å²) in [6.45, 7) is 2.35. The minimum Gasteiger partial charge on any atom is -0.508 e. The van der Waals surface area contributed by atoms with Crippen molar-refractivity contribution in [1.82, 2.24) is 0 Å². The van der Waals surface area contributed by atoms with Crippen molar-refractivity contribution < 1.29 is 9.90 Å². The number of hydrogen-bond acceptors (Lipinski definition) is 2. The van der Waals surface area contributed by atoms with Gasteiger partial charge in [0.15, 0.2) is 5.78 Å². The Kier molecular flexibility index (Phi) is 2.92. The van der Waals surface area contributed by atoms with Crippen molar-refractivity contribution >= 4 is 5.78 Å². The smallest absolute Gasteiger partial charge is 0.163 e. The van der Waals surface area contributed by atoms with Crippen LogP contribution in [0.1, 0.15) is 60.9 Å². The molecule has 2 nitrogen and oxygen atoms in total. The number of carbonyl (C=O) groups excluding carboxylic acids is 1. The molecule has 0 amide bonds. The number of fused-ring (bicyclic) bond motifs is 5. The number of phenolic OH excluding ortho intramolecular Hbond substituents is 1. The van der Waals surface area contributed by atoms with Gasteiger partial charge in [0, 0.05) is 17.9 Å². The molecule has 0 aliphatic heterocycles. The molecule has 1 aromatic rings. The fraction of sp³-hybridized carbons (Fsp3) is 0.550. The highest BCUT2D eigenvalue weighted by Gasteiger charge is 2.55. The first-order chi connectivity index (χ1) is 10.5. The Morgan fingerprint density at radius 1 is 1.32 bits per heavy atom. The van der Waals surface area contributed by atoms with Crippen LogP contribution in [0.5, 0.6) is 5.75 Å². The minimum atomic E-state index is 0.194. The van der Waals surface area contributed by atoms with Gasteiger partial charge in [-0.3, -0.25) is 4.79 Å². The quantitative estimate of drug-likeness (QED) is 0.730. The van der Waals surface area contributed by atoms with E-state index in [9.17, 15) is 9.90 Å². The summed E-state index contributed by atoms with van der Waals surface area (Å²) in [4.78, 5) is 12.6. The first kappa shape index (κ1) is 13.9. The molecule has 0 heterocycles. The maximum absolute atomic E-state index is 12.6. The molecular formula is C20H22O2. The molecule has 2 saturated carbocycles. The number of hydrogen-bond donors (Lipinski definition) is 1. The lowest BCUT2D eigenvalue weighted by Gasteiger charge is -2.49. The number of ketones is 1. The largest absolute Gasteiger partial charge is 0.508 e. The normalized spacial score (nSPS) is 39.5. The van der Waals surface area contributed by atoms with E-state index in [4.69, 9.17) is 6.42 Å². The molecule has 0 radical (unpaired) electrons. The summed E-state index contributed by atoms with van der Waals surface area (Å²) in [6, 6.07) is 5.34. The summed E-state index contributed by atoms with van der Waals surface area (Å²) in [5.41, 5.74) is 2.12. The standard InChI is InChI=1S/C20H22O2/c1-3-12-4-7-18-16-11-19(22)17-10-13(21)5-6-14(17)15(16)8-9-20(12,18)2/h1,5-6,10,12,15-16,18,21H,4,7-9,11H2,2H3/t12-,15?,16?,18?,20+/m0/s1. The van der Waals surface area contributed by atoms with Gasteiger partial charge in [-0.1, -0.05) is 13.0 Å². The van der Waals surface area contributed by atoms with E-state index in [1.54, 1.807) is 12.1 Å². The zero-order valence-corrected chi connectivity index (χ0v) is 13.0. The van der Waals surface area contributed by atoms with Crippen molar-refractivity contribution in [2.75, 3.05) is 0 Å².